The van der Waals surface area contributed by atoms with Gasteiger partial charge in [-0.3, -0.25) is 4.79 Å². The Morgan fingerprint density at radius 3 is 2.65 bits per heavy atom. The van der Waals surface area contributed by atoms with Crippen LogP contribution in [0.25, 0.3) is 0 Å². The SMILES string of the molecule is CCc1ccc(OCC(=O)c2ccc(Br)s2)c(OC)c1. The lowest BCUT2D eigenvalue weighted by atomic mass is 10.1. The average Bonchev–Trinajstić information content (AvgIpc) is 2.91. The van der Waals surface area contributed by atoms with E-state index in [1.807, 2.05) is 24.3 Å². The fraction of sp³-hybridized carbons (Fsp3) is 0.267. The van der Waals surface area contributed by atoms with Crippen LogP contribution in [-0.4, -0.2) is 19.5 Å². The van der Waals surface area contributed by atoms with Crippen molar-refractivity contribution in [2.45, 2.75) is 13.3 Å². The van der Waals surface area contributed by atoms with Crippen molar-refractivity contribution >= 4 is 33.0 Å². The number of ketones is 1. The Hall–Kier alpha value is -1.33. The third kappa shape index (κ3) is 3.61. The van der Waals surface area contributed by atoms with Crippen molar-refractivity contribution in [3.8, 4) is 11.5 Å². The molecular formula is C15H15BrO3S. The van der Waals surface area contributed by atoms with E-state index in [1.165, 1.54) is 16.9 Å². The number of methoxy groups -OCH3 is 1. The van der Waals surface area contributed by atoms with Crippen LogP contribution >= 0.6 is 27.3 Å². The van der Waals surface area contributed by atoms with Crippen LogP contribution in [0.4, 0.5) is 0 Å². The Bertz CT molecular complexity index is 607. The molecule has 5 heteroatoms. The summed E-state index contributed by atoms with van der Waals surface area (Å²) >= 11 is 4.74. The molecule has 3 nitrogen and oxygen atoms in total. The van der Waals surface area contributed by atoms with E-state index in [2.05, 4.69) is 22.9 Å². The summed E-state index contributed by atoms with van der Waals surface area (Å²) in [5.41, 5.74) is 1.17. The Kier molecular flexibility index (Phi) is 5.20. The Morgan fingerprint density at radius 1 is 1.25 bits per heavy atom. The van der Waals surface area contributed by atoms with Crippen LogP contribution in [0.1, 0.15) is 22.2 Å². The minimum absolute atomic E-state index is 0.00872. The number of hydrogen-bond acceptors (Lipinski definition) is 4. The van der Waals surface area contributed by atoms with Crippen LogP contribution in [0, 0.1) is 0 Å². The largest absolute Gasteiger partial charge is 0.493 e. The molecule has 0 aliphatic carbocycles. The smallest absolute Gasteiger partial charge is 0.210 e. The second kappa shape index (κ2) is 6.90. The van der Waals surface area contributed by atoms with Gasteiger partial charge in [-0.05, 0) is 52.2 Å². The molecule has 0 unspecified atom stereocenters. The Balaban J connectivity index is 2.05. The maximum absolute atomic E-state index is 12.0. The zero-order valence-corrected chi connectivity index (χ0v) is 13.7. The molecule has 106 valence electrons. The van der Waals surface area contributed by atoms with Gasteiger partial charge in [0.1, 0.15) is 0 Å². The maximum atomic E-state index is 12.0. The summed E-state index contributed by atoms with van der Waals surface area (Å²) in [4.78, 5) is 12.7. The highest BCUT2D eigenvalue weighted by atomic mass is 79.9. The lowest BCUT2D eigenvalue weighted by Gasteiger charge is -2.11. The van der Waals surface area contributed by atoms with Crippen LogP contribution in [0.3, 0.4) is 0 Å². The summed E-state index contributed by atoms with van der Waals surface area (Å²) in [6.07, 6.45) is 0.929. The van der Waals surface area contributed by atoms with E-state index in [-0.39, 0.29) is 12.4 Å². The van der Waals surface area contributed by atoms with Gasteiger partial charge >= 0.3 is 0 Å². The second-order valence-electron chi connectivity index (χ2n) is 4.15. The first kappa shape index (κ1) is 15.1. The van der Waals surface area contributed by atoms with Gasteiger partial charge in [0.15, 0.2) is 18.1 Å². The fourth-order valence-corrected chi connectivity index (χ4v) is 3.04. The van der Waals surface area contributed by atoms with Crippen LogP contribution in [0.2, 0.25) is 0 Å². The standard InChI is InChI=1S/C15H15BrO3S/c1-3-10-4-5-12(13(8-10)18-2)19-9-11(17)14-6-7-15(16)20-14/h4-8H,3,9H2,1-2H3. The molecule has 0 bridgehead atoms. The van der Waals surface area contributed by atoms with Gasteiger partial charge in [0.25, 0.3) is 0 Å². The monoisotopic (exact) mass is 354 g/mol. The van der Waals surface area contributed by atoms with Gasteiger partial charge in [0.05, 0.1) is 15.8 Å². The highest BCUT2D eigenvalue weighted by molar-refractivity contribution is 9.11. The molecule has 0 amide bonds. The number of benzene rings is 1. The van der Waals surface area contributed by atoms with Crippen molar-refractivity contribution in [3.05, 3.63) is 44.6 Å². The van der Waals surface area contributed by atoms with Gasteiger partial charge in [-0.2, -0.15) is 0 Å². The van der Waals surface area contributed by atoms with Gasteiger partial charge < -0.3 is 9.47 Å². The maximum Gasteiger partial charge on any atom is 0.210 e. The third-order valence-corrected chi connectivity index (χ3v) is 4.51. The molecule has 0 saturated carbocycles. The van der Waals surface area contributed by atoms with E-state index in [0.29, 0.717) is 16.4 Å². The molecule has 0 radical (unpaired) electrons. The topological polar surface area (TPSA) is 35.5 Å². The lowest BCUT2D eigenvalue weighted by molar-refractivity contribution is 0.0923. The van der Waals surface area contributed by atoms with Crippen molar-refractivity contribution in [2.24, 2.45) is 0 Å². The highest BCUT2D eigenvalue weighted by Gasteiger charge is 2.12. The van der Waals surface area contributed by atoms with Gasteiger partial charge in [-0.25, -0.2) is 0 Å². The Morgan fingerprint density at radius 2 is 2.05 bits per heavy atom. The molecule has 0 aliphatic heterocycles. The summed E-state index contributed by atoms with van der Waals surface area (Å²) in [6, 6.07) is 9.40. The van der Waals surface area contributed by atoms with Gasteiger partial charge in [-0.15, -0.1) is 11.3 Å². The molecule has 1 heterocycles. The first-order valence-electron chi connectivity index (χ1n) is 6.22. The molecule has 0 fully saturated rings. The van der Waals surface area contributed by atoms with Crippen molar-refractivity contribution in [1.82, 2.24) is 0 Å². The fourth-order valence-electron chi connectivity index (χ4n) is 1.73. The van der Waals surface area contributed by atoms with Crippen LogP contribution in [-0.2, 0) is 6.42 Å². The molecule has 0 spiro atoms. The third-order valence-electron chi connectivity index (χ3n) is 2.84. The van der Waals surface area contributed by atoms with Crippen LogP contribution in [0.5, 0.6) is 11.5 Å². The lowest BCUT2D eigenvalue weighted by Crippen LogP contribution is -2.10. The number of ether oxygens (including phenoxy) is 2. The van der Waals surface area contributed by atoms with E-state index in [4.69, 9.17) is 9.47 Å². The number of thiophene rings is 1. The summed E-state index contributed by atoms with van der Waals surface area (Å²) in [6.45, 7) is 2.09. The van der Waals surface area contributed by atoms with Crippen molar-refractivity contribution in [2.75, 3.05) is 13.7 Å². The van der Waals surface area contributed by atoms with Gasteiger partial charge in [0, 0.05) is 0 Å². The number of Topliss-reactive ketones (excluding diaryl/α,β-unsaturated/α-hetero) is 1. The Labute approximate surface area is 130 Å². The normalized spacial score (nSPS) is 10.3. The minimum Gasteiger partial charge on any atom is -0.493 e. The molecule has 2 aromatic rings. The van der Waals surface area contributed by atoms with E-state index < -0.39 is 0 Å². The summed E-state index contributed by atoms with van der Waals surface area (Å²) in [5, 5.41) is 0. The molecule has 1 aromatic heterocycles. The molecule has 0 saturated heterocycles. The number of hydrogen-bond donors (Lipinski definition) is 0. The number of carbonyl (C=O) groups is 1. The average molecular weight is 355 g/mol. The zero-order valence-electron chi connectivity index (χ0n) is 11.3. The van der Waals surface area contributed by atoms with Gasteiger partial charge in [0.2, 0.25) is 5.78 Å². The number of halogens is 1. The van der Waals surface area contributed by atoms with Crippen LogP contribution < -0.4 is 9.47 Å². The van der Waals surface area contributed by atoms with Gasteiger partial charge in [-0.1, -0.05) is 13.0 Å². The molecule has 2 rings (SSSR count). The first-order valence-corrected chi connectivity index (χ1v) is 7.83. The van der Waals surface area contributed by atoms with E-state index >= 15 is 0 Å². The molecule has 0 N–H and O–H groups in total. The summed E-state index contributed by atoms with van der Waals surface area (Å²) in [5.74, 6) is 1.21. The molecule has 1 aromatic carbocycles. The quantitative estimate of drug-likeness (QED) is 0.723. The predicted octanol–water partition coefficient (Wildman–Crippen LogP) is 4.34. The number of aryl methyl sites for hydroxylation is 1. The zero-order chi connectivity index (χ0) is 14.5. The minimum atomic E-state index is -0.0395. The first-order chi connectivity index (χ1) is 9.63. The molecule has 0 aliphatic rings. The van der Waals surface area contributed by atoms with Crippen molar-refractivity contribution in [3.63, 3.8) is 0 Å². The number of carbonyl (C=O) groups excluding carboxylic acids is 1. The van der Waals surface area contributed by atoms with Crippen LogP contribution in [0.15, 0.2) is 34.1 Å². The van der Waals surface area contributed by atoms with E-state index in [0.717, 1.165) is 10.2 Å². The number of rotatable bonds is 6. The summed E-state index contributed by atoms with van der Waals surface area (Å²) in [7, 11) is 1.60. The van der Waals surface area contributed by atoms with E-state index in [9.17, 15) is 4.79 Å². The summed E-state index contributed by atoms with van der Waals surface area (Å²) < 4.78 is 11.8. The van der Waals surface area contributed by atoms with Crippen molar-refractivity contribution in [1.29, 1.82) is 0 Å². The van der Waals surface area contributed by atoms with E-state index in [1.54, 1.807) is 13.2 Å². The predicted molar refractivity (Wildman–Crippen MR) is 84.2 cm³/mol. The molecule has 20 heavy (non-hydrogen) atoms. The second-order valence-corrected chi connectivity index (χ2v) is 6.62. The molecular weight excluding hydrogens is 340 g/mol. The van der Waals surface area contributed by atoms with Crippen molar-refractivity contribution < 1.29 is 14.3 Å². The highest BCUT2D eigenvalue weighted by Crippen LogP contribution is 2.29. The molecule has 0 atom stereocenters.